The first-order valence-corrected chi connectivity index (χ1v) is 6.86. The molecule has 7 heteroatoms. The molecule has 1 aliphatic carbocycles. The minimum absolute atomic E-state index is 0.0546. The molecule has 0 bridgehead atoms. The molecule has 1 saturated carbocycles. The van der Waals surface area contributed by atoms with E-state index in [2.05, 4.69) is 15.3 Å². The van der Waals surface area contributed by atoms with Gasteiger partial charge in [-0.1, -0.05) is 12.1 Å². The Kier molecular flexibility index (Phi) is 3.72. The third-order valence-corrected chi connectivity index (χ3v) is 3.40. The summed E-state index contributed by atoms with van der Waals surface area (Å²) >= 11 is 0. The maximum Gasteiger partial charge on any atom is 0.433 e. The van der Waals surface area contributed by atoms with E-state index in [9.17, 15) is 17.6 Å². The SMILES string of the molecule is Fc1ccc(CNc2nc(C3CC3)cc(C(F)(F)F)n2)cc1. The predicted octanol–water partition coefficient (Wildman–Crippen LogP) is 4.12. The zero-order chi connectivity index (χ0) is 15.7. The molecule has 0 spiro atoms. The van der Waals surface area contributed by atoms with Crippen LogP contribution < -0.4 is 5.32 Å². The van der Waals surface area contributed by atoms with Crippen LogP contribution in [-0.2, 0) is 12.7 Å². The van der Waals surface area contributed by atoms with Crippen LogP contribution in [0.1, 0.15) is 35.7 Å². The highest BCUT2D eigenvalue weighted by Crippen LogP contribution is 2.41. The zero-order valence-electron chi connectivity index (χ0n) is 11.5. The van der Waals surface area contributed by atoms with Gasteiger partial charge >= 0.3 is 6.18 Å². The molecule has 1 fully saturated rings. The second kappa shape index (κ2) is 5.55. The van der Waals surface area contributed by atoms with Gasteiger partial charge in [0.2, 0.25) is 5.95 Å². The first kappa shape index (κ1) is 14.7. The molecule has 0 unspecified atom stereocenters. The maximum atomic E-state index is 12.9. The van der Waals surface area contributed by atoms with E-state index in [0.29, 0.717) is 5.69 Å². The largest absolute Gasteiger partial charge is 0.433 e. The first-order chi connectivity index (χ1) is 10.4. The second-order valence-corrected chi connectivity index (χ2v) is 5.25. The van der Waals surface area contributed by atoms with Crippen LogP contribution in [0.4, 0.5) is 23.5 Å². The molecule has 116 valence electrons. The van der Waals surface area contributed by atoms with Crippen LogP contribution in [0.5, 0.6) is 0 Å². The summed E-state index contributed by atoms with van der Waals surface area (Å²) in [4.78, 5) is 7.67. The molecule has 0 amide bonds. The summed E-state index contributed by atoms with van der Waals surface area (Å²) in [6.07, 6.45) is -2.80. The molecular weight excluding hydrogens is 298 g/mol. The topological polar surface area (TPSA) is 37.8 Å². The van der Waals surface area contributed by atoms with Crippen LogP contribution in [-0.4, -0.2) is 9.97 Å². The van der Waals surface area contributed by atoms with Crippen LogP contribution in [0, 0.1) is 5.82 Å². The van der Waals surface area contributed by atoms with E-state index in [4.69, 9.17) is 0 Å². The van der Waals surface area contributed by atoms with Crippen molar-refractivity contribution in [3.8, 4) is 0 Å². The van der Waals surface area contributed by atoms with Gasteiger partial charge in [0.25, 0.3) is 0 Å². The van der Waals surface area contributed by atoms with Crippen LogP contribution in [0.15, 0.2) is 30.3 Å². The standard InChI is InChI=1S/C15H13F4N3/c16-11-5-1-9(2-6-11)8-20-14-21-12(10-3-4-10)7-13(22-14)15(17,18)19/h1-2,5-7,10H,3-4,8H2,(H,20,21,22). The minimum atomic E-state index is -4.50. The van der Waals surface area contributed by atoms with E-state index in [1.54, 1.807) is 12.1 Å². The van der Waals surface area contributed by atoms with E-state index >= 15 is 0 Å². The Morgan fingerprint density at radius 3 is 2.36 bits per heavy atom. The number of hydrogen-bond acceptors (Lipinski definition) is 3. The fourth-order valence-corrected chi connectivity index (χ4v) is 2.06. The Morgan fingerprint density at radius 2 is 1.77 bits per heavy atom. The third kappa shape index (κ3) is 3.52. The first-order valence-electron chi connectivity index (χ1n) is 6.86. The fourth-order valence-electron chi connectivity index (χ4n) is 2.06. The summed E-state index contributed by atoms with van der Waals surface area (Å²) in [5.74, 6) is -0.327. The molecule has 0 atom stereocenters. The van der Waals surface area contributed by atoms with Crippen molar-refractivity contribution in [2.45, 2.75) is 31.5 Å². The van der Waals surface area contributed by atoms with Gasteiger partial charge in [0.05, 0.1) is 0 Å². The van der Waals surface area contributed by atoms with Crippen molar-refractivity contribution in [3.63, 3.8) is 0 Å². The molecule has 3 rings (SSSR count). The Balaban J connectivity index is 1.80. The van der Waals surface area contributed by atoms with Crippen LogP contribution >= 0.6 is 0 Å². The number of halogens is 4. The quantitative estimate of drug-likeness (QED) is 0.863. The van der Waals surface area contributed by atoms with Crippen molar-refractivity contribution in [1.29, 1.82) is 0 Å². The normalized spacial score (nSPS) is 14.9. The highest BCUT2D eigenvalue weighted by atomic mass is 19.4. The number of nitrogens with one attached hydrogen (secondary N) is 1. The van der Waals surface area contributed by atoms with E-state index in [-0.39, 0.29) is 24.2 Å². The van der Waals surface area contributed by atoms with Gasteiger partial charge in [-0.15, -0.1) is 0 Å². The van der Waals surface area contributed by atoms with Crippen molar-refractivity contribution in [3.05, 3.63) is 53.1 Å². The highest BCUT2D eigenvalue weighted by molar-refractivity contribution is 5.33. The summed E-state index contributed by atoms with van der Waals surface area (Å²) in [5.41, 5.74) is 0.213. The molecule has 3 nitrogen and oxygen atoms in total. The monoisotopic (exact) mass is 311 g/mol. The molecule has 1 N–H and O–H groups in total. The van der Waals surface area contributed by atoms with Gasteiger partial charge in [0.15, 0.2) is 0 Å². The Hall–Kier alpha value is -2.18. The molecule has 1 aromatic heterocycles. The van der Waals surface area contributed by atoms with E-state index < -0.39 is 11.9 Å². The third-order valence-electron chi connectivity index (χ3n) is 3.40. The number of anilines is 1. The van der Waals surface area contributed by atoms with Crippen molar-refractivity contribution in [2.75, 3.05) is 5.32 Å². The Labute approximate surface area is 124 Å². The molecule has 1 aliphatic rings. The molecule has 2 aromatic rings. The molecule has 22 heavy (non-hydrogen) atoms. The number of alkyl halides is 3. The number of rotatable bonds is 4. The Bertz CT molecular complexity index is 663. The number of nitrogens with zero attached hydrogens (tertiary/aromatic N) is 2. The lowest BCUT2D eigenvalue weighted by Gasteiger charge is -2.11. The van der Waals surface area contributed by atoms with Gasteiger partial charge in [-0.3, -0.25) is 0 Å². The average Bonchev–Trinajstić information content (AvgIpc) is 3.30. The summed E-state index contributed by atoms with van der Waals surface area (Å²) in [6.45, 7) is 0.228. The molecular formula is C15H13F4N3. The number of aromatic nitrogens is 2. The summed E-state index contributed by atoms with van der Waals surface area (Å²) < 4.78 is 51.5. The molecule has 0 saturated heterocycles. The molecule has 0 aliphatic heterocycles. The Morgan fingerprint density at radius 1 is 1.09 bits per heavy atom. The van der Waals surface area contributed by atoms with Crippen molar-refractivity contribution in [2.24, 2.45) is 0 Å². The summed E-state index contributed by atoms with van der Waals surface area (Å²) in [7, 11) is 0. The highest BCUT2D eigenvalue weighted by Gasteiger charge is 2.35. The summed E-state index contributed by atoms with van der Waals surface area (Å²) in [6, 6.07) is 6.70. The average molecular weight is 311 g/mol. The van der Waals surface area contributed by atoms with Crippen molar-refractivity contribution in [1.82, 2.24) is 9.97 Å². The van der Waals surface area contributed by atoms with Gasteiger partial charge in [-0.25, -0.2) is 14.4 Å². The van der Waals surface area contributed by atoms with Crippen LogP contribution in [0.3, 0.4) is 0 Å². The van der Waals surface area contributed by atoms with E-state index in [0.717, 1.165) is 24.5 Å². The minimum Gasteiger partial charge on any atom is -0.350 e. The van der Waals surface area contributed by atoms with Gasteiger partial charge < -0.3 is 5.32 Å². The van der Waals surface area contributed by atoms with Crippen LogP contribution in [0.2, 0.25) is 0 Å². The van der Waals surface area contributed by atoms with Gasteiger partial charge in [-0.2, -0.15) is 13.2 Å². The van der Waals surface area contributed by atoms with E-state index in [1.807, 2.05) is 0 Å². The van der Waals surface area contributed by atoms with E-state index in [1.165, 1.54) is 12.1 Å². The lowest BCUT2D eigenvalue weighted by atomic mass is 10.2. The lowest BCUT2D eigenvalue weighted by Crippen LogP contribution is -2.13. The number of hydrogen-bond donors (Lipinski definition) is 1. The summed E-state index contributed by atoms with van der Waals surface area (Å²) in [5, 5.41) is 2.77. The van der Waals surface area contributed by atoms with Crippen LogP contribution in [0.25, 0.3) is 0 Å². The lowest BCUT2D eigenvalue weighted by molar-refractivity contribution is -0.141. The number of benzene rings is 1. The molecule has 0 radical (unpaired) electrons. The van der Waals surface area contributed by atoms with Crippen molar-refractivity contribution >= 4 is 5.95 Å². The predicted molar refractivity (Wildman–Crippen MR) is 72.7 cm³/mol. The van der Waals surface area contributed by atoms with Crippen molar-refractivity contribution < 1.29 is 17.6 Å². The van der Waals surface area contributed by atoms with Gasteiger partial charge in [-0.05, 0) is 36.6 Å². The smallest absolute Gasteiger partial charge is 0.350 e. The fraction of sp³-hybridized carbons (Fsp3) is 0.333. The second-order valence-electron chi connectivity index (χ2n) is 5.25. The maximum absolute atomic E-state index is 12.9. The molecule has 1 aromatic carbocycles. The zero-order valence-corrected chi connectivity index (χ0v) is 11.5. The van der Waals surface area contributed by atoms with Gasteiger partial charge in [0.1, 0.15) is 11.5 Å². The molecule has 1 heterocycles. The van der Waals surface area contributed by atoms with Gasteiger partial charge in [0, 0.05) is 18.2 Å².